The smallest absolute Gasteiger partial charge is 0.227 e. The molecule has 1 aliphatic rings. The highest BCUT2D eigenvalue weighted by molar-refractivity contribution is 6.01. The maximum atomic E-state index is 12.6. The molecule has 2 aromatic rings. The normalized spacial score (nSPS) is 16.8. The van der Waals surface area contributed by atoms with E-state index in [1.807, 2.05) is 32.9 Å². The summed E-state index contributed by atoms with van der Waals surface area (Å²) in [5.74, 6) is -0.315. The number of H-pyrrole nitrogens is 1. The molecule has 6 heteroatoms. The molecule has 2 N–H and O–H groups in total. The van der Waals surface area contributed by atoms with Crippen molar-refractivity contribution in [3.63, 3.8) is 0 Å². The standard InChI is InChI=1S/C21H28N4O2/c1-5-16-8-6-7-13(2)20(16)25-12-17(11-19(25)26)21(27)22-10-9-18-14(3)23-24-15(18)4/h6-8,17H,5,9-12H2,1-4H3,(H,22,27)(H,23,24)/t17-/m1/s1. The van der Waals surface area contributed by atoms with E-state index in [0.29, 0.717) is 13.1 Å². The lowest BCUT2D eigenvalue weighted by Crippen LogP contribution is -2.34. The van der Waals surface area contributed by atoms with Crippen LogP contribution >= 0.6 is 0 Å². The van der Waals surface area contributed by atoms with Crippen LogP contribution in [0.1, 0.15) is 41.4 Å². The molecule has 0 spiro atoms. The number of nitrogens with one attached hydrogen (secondary N) is 2. The van der Waals surface area contributed by atoms with E-state index < -0.39 is 0 Å². The molecule has 3 rings (SSSR count). The van der Waals surface area contributed by atoms with Gasteiger partial charge < -0.3 is 10.2 Å². The van der Waals surface area contributed by atoms with Crippen LogP contribution in [0.25, 0.3) is 0 Å². The van der Waals surface area contributed by atoms with E-state index in [2.05, 4.69) is 28.5 Å². The van der Waals surface area contributed by atoms with Crippen molar-refractivity contribution in [2.45, 2.75) is 47.0 Å². The van der Waals surface area contributed by atoms with Gasteiger partial charge in [-0.3, -0.25) is 14.7 Å². The topological polar surface area (TPSA) is 78.1 Å². The molecule has 0 bridgehead atoms. The van der Waals surface area contributed by atoms with E-state index in [4.69, 9.17) is 0 Å². The Hall–Kier alpha value is -2.63. The molecule has 6 nitrogen and oxygen atoms in total. The Balaban J connectivity index is 1.63. The van der Waals surface area contributed by atoms with Crippen LogP contribution in [-0.4, -0.2) is 35.1 Å². The number of nitrogens with zero attached hydrogens (tertiary/aromatic N) is 2. The quantitative estimate of drug-likeness (QED) is 0.823. The number of carbonyl (C=O) groups is 2. The largest absolute Gasteiger partial charge is 0.355 e. The van der Waals surface area contributed by atoms with Crippen LogP contribution in [0, 0.1) is 26.7 Å². The van der Waals surface area contributed by atoms with Crippen molar-refractivity contribution >= 4 is 17.5 Å². The average Bonchev–Trinajstić information content (AvgIpc) is 3.18. The van der Waals surface area contributed by atoms with E-state index in [-0.39, 0.29) is 24.2 Å². The Kier molecular flexibility index (Phi) is 5.63. The van der Waals surface area contributed by atoms with Crippen LogP contribution in [0.15, 0.2) is 18.2 Å². The summed E-state index contributed by atoms with van der Waals surface area (Å²) in [7, 11) is 0. The fraction of sp³-hybridized carbons (Fsp3) is 0.476. The molecule has 0 unspecified atom stereocenters. The number of hydrogen-bond donors (Lipinski definition) is 2. The van der Waals surface area contributed by atoms with Gasteiger partial charge in [0.05, 0.1) is 11.6 Å². The predicted molar refractivity (Wildman–Crippen MR) is 106 cm³/mol. The summed E-state index contributed by atoms with van der Waals surface area (Å²) in [5.41, 5.74) is 6.35. The number of anilines is 1. The molecule has 1 saturated heterocycles. The molecule has 1 aromatic carbocycles. The van der Waals surface area contributed by atoms with Gasteiger partial charge in [-0.15, -0.1) is 0 Å². The molecular weight excluding hydrogens is 340 g/mol. The highest BCUT2D eigenvalue weighted by Crippen LogP contribution is 2.31. The molecule has 0 aliphatic carbocycles. The first kappa shape index (κ1) is 19.1. The number of aromatic nitrogens is 2. The number of carbonyl (C=O) groups excluding carboxylic acids is 2. The minimum absolute atomic E-state index is 0.0284. The number of amides is 2. The summed E-state index contributed by atoms with van der Waals surface area (Å²) in [6.07, 6.45) is 1.87. The molecule has 0 radical (unpaired) electrons. The molecule has 27 heavy (non-hydrogen) atoms. The van der Waals surface area contributed by atoms with Gasteiger partial charge in [0.15, 0.2) is 0 Å². The summed E-state index contributed by atoms with van der Waals surface area (Å²) in [5, 5.41) is 10.1. The van der Waals surface area contributed by atoms with Crippen LogP contribution in [0.3, 0.4) is 0 Å². The van der Waals surface area contributed by atoms with E-state index >= 15 is 0 Å². The molecular formula is C21H28N4O2. The molecule has 1 atom stereocenters. The zero-order valence-electron chi connectivity index (χ0n) is 16.6. The second-order valence-electron chi connectivity index (χ2n) is 7.30. The molecule has 1 fully saturated rings. The number of aromatic amines is 1. The maximum Gasteiger partial charge on any atom is 0.227 e. The number of rotatable bonds is 6. The van der Waals surface area contributed by atoms with Crippen LogP contribution in [0.2, 0.25) is 0 Å². The first-order valence-electron chi connectivity index (χ1n) is 9.59. The van der Waals surface area contributed by atoms with E-state index in [0.717, 1.165) is 46.6 Å². The Bertz CT molecular complexity index is 836. The SMILES string of the molecule is CCc1cccc(C)c1N1C[C@H](C(=O)NCCc2c(C)n[nH]c2C)CC1=O. The monoisotopic (exact) mass is 368 g/mol. The first-order valence-corrected chi connectivity index (χ1v) is 9.59. The molecule has 1 aromatic heterocycles. The highest BCUT2D eigenvalue weighted by Gasteiger charge is 2.36. The van der Waals surface area contributed by atoms with Gasteiger partial charge in [-0.1, -0.05) is 25.1 Å². The molecule has 2 amide bonds. The zero-order valence-corrected chi connectivity index (χ0v) is 16.6. The van der Waals surface area contributed by atoms with Crippen molar-refractivity contribution in [3.8, 4) is 0 Å². The van der Waals surface area contributed by atoms with Gasteiger partial charge >= 0.3 is 0 Å². The fourth-order valence-electron chi connectivity index (χ4n) is 3.89. The number of para-hydroxylation sites is 1. The Morgan fingerprint density at radius 3 is 2.78 bits per heavy atom. The summed E-state index contributed by atoms with van der Waals surface area (Å²) in [6, 6.07) is 6.09. The number of aryl methyl sites for hydroxylation is 4. The third-order valence-corrected chi connectivity index (χ3v) is 5.42. The van der Waals surface area contributed by atoms with E-state index in [1.54, 1.807) is 4.90 Å². The lowest BCUT2D eigenvalue weighted by molar-refractivity contribution is -0.126. The van der Waals surface area contributed by atoms with Crippen molar-refractivity contribution < 1.29 is 9.59 Å². The summed E-state index contributed by atoms with van der Waals surface area (Å²) in [4.78, 5) is 27.0. The third kappa shape index (κ3) is 3.89. The second kappa shape index (κ2) is 7.94. The lowest BCUT2D eigenvalue weighted by Gasteiger charge is -2.22. The van der Waals surface area contributed by atoms with Crippen LogP contribution < -0.4 is 10.2 Å². The van der Waals surface area contributed by atoms with Crippen LogP contribution in [-0.2, 0) is 22.4 Å². The third-order valence-electron chi connectivity index (χ3n) is 5.42. The minimum Gasteiger partial charge on any atom is -0.355 e. The lowest BCUT2D eigenvalue weighted by atomic mass is 10.0. The van der Waals surface area contributed by atoms with Crippen molar-refractivity contribution in [2.75, 3.05) is 18.0 Å². The van der Waals surface area contributed by atoms with Crippen molar-refractivity contribution in [2.24, 2.45) is 5.92 Å². The Labute approximate surface area is 160 Å². The Morgan fingerprint density at radius 2 is 2.11 bits per heavy atom. The Morgan fingerprint density at radius 1 is 1.33 bits per heavy atom. The van der Waals surface area contributed by atoms with Gasteiger partial charge in [-0.2, -0.15) is 5.10 Å². The summed E-state index contributed by atoms with van der Waals surface area (Å²) >= 11 is 0. The second-order valence-corrected chi connectivity index (χ2v) is 7.30. The van der Waals surface area contributed by atoms with E-state index in [9.17, 15) is 9.59 Å². The van der Waals surface area contributed by atoms with Crippen molar-refractivity contribution in [3.05, 3.63) is 46.3 Å². The fourth-order valence-corrected chi connectivity index (χ4v) is 3.89. The molecule has 2 heterocycles. The zero-order chi connectivity index (χ0) is 19.6. The average molecular weight is 368 g/mol. The van der Waals surface area contributed by atoms with Gasteiger partial charge in [0.2, 0.25) is 11.8 Å². The minimum atomic E-state index is -0.298. The van der Waals surface area contributed by atoms with Gasteiger partial charge in [-0.05, 0) is 50.3 Å². The van der Waals surface area contributed by atoms with Crippen molar-refractivity contribution in [1.29, 1.82) is 0 Å². The van der Waals surface area contributed by atoms with Gasteiger partial charge in [0, 0.05) is 30.9 Å². The molecule has 1 aliphatic heterocycles. The van der Waals surface area contributed by atoms with Crippen LogP contribution in [0.4, 0.5) is 5.69 Å². The molecule has 0 saturated carbocycles. The first-order chi connectivity index (χ1) is 12.9. The summed E-state index contributed by atoms with van der Waals surface area (Å²) in [6.45, 7) is 9.05. The maximum absolute atomic E-state index is 12.6. The van der Waals surface area contributed by atoms with E-state index in [1.165, 1.54) is 0 Å². The highest BCUT2D eigenvalue weighted by atomic mass is 16.2. The van der Waals surface area contributed by atoms with Crippen molar-refractivity contribution in [1.82, 2.24) is 15.5 Å². The predicted octanol–water partition coefficient (Wildman–Crippen LogP) is 2.61. The number of benzene rings is 1. The van der Waals surface area contributed by atoms with Gasteiger partial charge in [0.25, 0.3) is 0 Å². The number of hydrogen-bond acceptors (Lipinski definition) is 3. The summed E-state index contributed by atoms with van der Waals surface area (Å²) < 4.78 is 0. The van der Waals surface area contributed by atoms with Gasteiger partial charge in [0.1, 0.15) is 0 Å². The molecule has 144 valence electrons. The van der Waals surface area contributed by atoms with Gasteiger partial charge in [-0.25, -0.2) is 0 Å². The van der Waals surface area contributed by atoms with Crippen LogP contribution in [0.5, 0.6) is 0 Å².